The predicted octanol–water partition coefficient (Wildman–Crippen LogP) is 3.83. The van der Waals surface area contributed by atoms with Gasteiger partial charge in [0, 0.05) is 20.1 Å². The van der Waals surface area contributed by atoms with Gasteiger partial charge in [0.15, 0.2) is 5.96 Å². The Morgan fingerprint density at radius 3 is 2.59 bits per heavy atom. The minimum atomic E-state index is 0.455. The highest BCUT2D eigenvalue weighted by Crippen LogP contribution is 2.21. The highest BCUT2D eigenvalue weighted by Gasteiger charge is 2.08. The smallest absolute Gasteiger partial charge is 0.191 e. The number of aromatic nitrogens is 2. The van der Waals surface area contributed by atoms with Crippen molar-refractivity contribution in [2.75, 3.05) is 20.2 Å². The molecule has 1 aromatic heterocycles. The number of aryl methyl sites for hydroxylation is 1. The van der Waals surface area contributed by atoms with Crippen LogP contribution in [0.1, 0.15) is 37.6 Å². The number of hydrogen-bond donors (Lipinski definition) is 2. The summed E-state index contributed by atoms with van der Waals surface area (Å²) in [5.41, 5.74) is 3.45. The van der Waals surface area contributed by atoms with Crippen molar-refractivity contribution in [1.82, 2.24) is 20.2 Å². The van der Waals surface area contributed by atoms with Crippen LogP contribution in [0.15, 0.2) is 53.5 Å². The molecule has 0 aliphatic rings. The number of nitrogens with one attached hydrogen (secondary N) is 2. The third kappa shape index (κ3) is 5.28. The first kappa shape index (κ1) is 20.7. The second-order valence-corrected chi connectivity index (χ2v) is 7.16. The molecule has 2 aromatic carbocycles. The van der Waals surface area contributed by atoms with E-state index in [1.165, 1.54) is 5.56 Å². The Kier molecular flexibility index (Phi) is 7.11. The van der Waals surface area contributed by atoms with Crippen LogP contribution in [0.3, 0.4) is 0 Å². The van der Waals surface area contributed by atoms with Crippen LogP contribution in [0.5, 0.6) is 5.75 Å². The zero-order valence-corrected chi connectivity index (χ0v) is 17.8. The molecule has 0 saturated heterocycles. The van der Waals surface area contributed by atoms with Crippen LogP contribution in [0.2, 0.25) is 0 Å². The van der Waals surface area contributed by atoms with Gasteiger partial charge in [0.25, 0.3) is 0 Å². The van der Waals surface area contributed by atoms with Gasteiger partial charge in [-0.25, -0.2) is 9.98 Å². The van der Waals surface area contributed by atoms with E-state index in [0.29, 0.717) is 12.5 Å². The Morgan fingerprint density at radius 1 is 1.14 bits per heavy atom. The molecule has 0 fully saturated rings. The highest BCUT2D eigenvalue weighted by atomic mass is 16.5. The Balaban J connectivity index is 1.58. The molecular formula is C23H31N5O. The summed E-state index contributed by atoms with van der Waals surface area (Å²) >= 11 is 0. The molecule has 0 amide bonds. The van der Waals surface area contributed by atoms with Crippen molar-refractivity contribution >= 4 is 17.0 Å². The van der Waals surface area contributed by atoms with Gasteiger partial charge in [-0.2, -0.15) is 0 Å². The van der Waals surface area contributed by atoms with Gasteiger partial charge in [-0.05, 0) is 49.1 Å². The third-order valence-corrected chi connectivity index (χ3v) is 5.16. The highest BCUT2D eigenvalue weighted by molar-refractivity contribution is 5.80. The lowest BCUT2D eigenvalue weighted by molar-refractivity contribution is 0.414. The molecule has 1 atom stereocenters. The van der Waals surface area contributed by atoms with Gasteiger partial charge in [0.05, 0.1) is 18.1 Å². The van der Waals surface area contributed by atoms with Gasteiger partial charge in [-0.3, -0.25) is 0 Å². The number of hydrogen-bond acceptors (Lipinski definition) is 3. The second-order valence-electron chi connectivity index (χ2n) is 7.16. The number of para-hydroxylation sites is 2. The molecule has 3 rings (SSSR count). The zero-order chi connectivity index (χ0) is 20.6. The molecule has 0 aliphatic heterocycles. The summed E-state index contributed by atoms with van der Waals surface area (Å²) in [5.74, 6) is 3.12. The molecule has 0 radical (unpaired) electrons. The monoisotopic (exact) mass is 393 g/mol. The molecule has 6 nitrogen and oxygen atoms in total. The molecule has 2 N–H and O–H groups in total. The summed E-state index contributed by atoms with van der Waals surface area (Å²) in [7, 11) is 3.73. The quantitative estimate of drug-likeness (QED) is 0.451. The summed E-state index contributed by atoms with van der Waals surface area (Å²) in [6.07, 6.45) is 1.02. The van der Waals surface area contributed by atoms with Crippen molar-refractivity contribution < 1.29 is 4.74 Å². The van der Waals surface area contributed by atoms with Crippen LogP contribution in [0.25, 0.3) is 11.0 Å². The number of rotatable bonds is 8. The van der Waals surface area contributed by atoms with E-state index in [9.17, 15) is 0 Å². The first-order chi connectivity index (χ1) is 14.1. The number of nitrogens with zero attached hydrogens (tertiary/aromatic N) is 3. The van der Waals surface area contributed by atoms with Crippen LogP contribution in [-0.2, 0) is 13.6 Å². The van der Waals surface area contributed by atoms with E-state index in [1.54, 1.807) is 7.11 Å². The minimum absolute atomic E-state index is 0.455. The summed E-state index contributed by atoms with van der Waals surface area (Å²) < 4.78 is 7.34. The van der Waals surface area contributed by atoms with E-state index < -0.39 is 0 Å². The van der Waals surface area contributed by atoms with E-state index in [1.807, 2.05) is 37.4 Å². The Bertz CT molecular complexity index is 946. The molecule has 0 bridgehead atoms. The zero-order valence-electron chi connectivity index (χ0n) is 17.8. The lowest BCUT2D eigenvalue weighted by atomic mass is 9.98. The van der Waals surface area contributed by atoms with Gasteiger partial charge in [-0.15, -0.1) is 0 Å². The number of methoxy groups -OCH3 is 1. The van der Waals surface area contributed by atoms with Gasteiger partial charge in [0.2, 0.25) is 0 Å². The van der Waals surface area contributed by atoms with Crippen molar-refractivity contribution in [3.63, 3.8) is 0 Å². The van der Waals surface area contributed by atoms with Crippen molar-refractivity contribution in [2.24, 2.45) is 12.0 Å². The molecule has 1 unspecified atom stereocenters. The average molecular weight is 394 g/mol. The second kappa shape index (κ2) is 9.96. The first-order valence-electron chi connectivity index (χ1n) is 10.2. The lowest BCUT2D eigenvalue weighted by Crippen LogP contribution is -2.38. The van der Waals surface area contributed by atoms with Gasteiger partial charge in [-0.1, -0.05) is 31.2 Å². The number of fused-ring (bicyclic) bond motifs is 1. The van der Waals surface area contributed by atoms with E-state index in [4.69, 9.17) is 14.7 Å². The summed E-state index contributed by atoms with van der Waals surface area (Å²) in [6.45, 7) is 6.53. The standard InChI is InChI=1S/C23H31N5O/c1-5-24-23(25-15-14-17(2)18-10-12-19(29-4)13-11-18)26-16-22-27-20-8-6-7-9-21(20)28(22)3/h6-13,17H,5,14-16H2,1-4H3,(H2,24,25,26). The van der Waals surface area contributed by atoms with E-state index >= 15 is 0 Å². The summed E-state index contributed by atoms with van der Waals surface area (Å²) in [4.78, 5) is 9.42. The van der Waals surface area contributed by atoms with Crippen molar-refractivity contribution in [3.8, 4) is 5.75 Å². The Hall–Kier alpha value is -3.02. The molecule has 0 spiro atoms. The SMILES string of the molecule is CCNC(=NCc1nc2ccccc2n1C)NCCC(C)c1ccc(OC)cc1. The fraction of sp³-hybridized carbons (Fsp3) is 0.391. The molecule has 154 valence electrons. The molecule has 6 heteroatoms. The maximum Gasteiger partial charge on any atom is 0.191 e. The van der Waals surface area contributed by atoms with Crippen LogP contribution >= 0.6 is 0 Å². The molecule has 0 saturated carbocycles. The number of aliphatic imine (C=N–C) groups is 1. The van der Waals surface area contributed by atoms with Crippen molar-refractivity contribution in [1.29, 1.82) is 0 Å². The van der Waals surface area contributed by atoms with Crippen molar-refractivity contribution in [2.45, 2.75) is 32.7 Å². The Labute approximate surface area is 173 Å². The maximum atomic E-state index is 5.24. The molecule has 3 aromatic rings. The van der Waals surface area contributed by atoms with Crippen LogP contribution < -0.4 is 15.4 Å². The van der Waals surface area contributed by atoms with E-state index in [0.717, 1.165) is 48.1 Å². The topological polar surface area (TPSA) is 63.5 Å². The number of guanidine groups is 1. The van der Waals surface area contributed by atoms with Gasteiger partial charge >= 0.3 is 0 Å². The third-order valence-electron chi connectivity index (χ3n) is 5.16. The number of imidazole rings is 1. The van der Waals surface area contributed by atoms with E-state index in [2.05, 4.69) is 47.2 Å². The number of benzene rings is 2. The average Bonchev–Trinajstić information content (AvgIpc) is 3.07. The molecular weight excluding hydrogens is 362 g/mol. The van der Waals surface area contributed by atoms with Crippen LogP contribution in [-0.4, -0.2) is 35.7 Å². The fourth-order valence-corrected chi connectivity index (χ4v) is 3.33. The summed E-state index contributed by atoms with van der Waals surface area (Å²) in [6, 6.07) is 16.5. The predicted molar refractivity (Wildman–Crippen MR) is 120 cm³/mol. The van der Waals surface area contributed by atoms with E-state index in [-0.39, 0.29) is 0 Å². The minimum Gasteiger partial charge on any atom is -0.497 e. The molecule has 0 aliphatic carbocycles. The maximum absolute atomic E-state index is 5.24. The van der Waals surface area contributed by atoms with Crippen molar-refractivity contribution in [3.05, 3.63) is 59.9 Å². The fourth-order valence-electron chi connectivity index (χ4n) is 3.33. The molecule has 1 heterocycles. The number of ether oxygens (including phenoxy) is 1. The Morgan fingerprint density at radius 2 is 1.90 bits per heavy atom. The lowest BCUT2D eigenvalue weighted by Gasteiger charge is -2.15. The largest absolute Gasteiger partial charge is 0.497 e. The van der Waals surface area contributed by atoms with Crippen LogP contribution in [0, 0.1) is 0 Å². The van der Waals surface area contributed by atoms with Crippen LogP contribution in [0.4, 0.5) is 0 Å². The summed E-state index contributed by atoms with van der Waals surface area (Å²) in [5, 5.41) is 6.76. The van der Waals surface area contributed by atoms with Gasteiger partial charge in [0.1, 0.15) is 18.1 Å². The normalized spacial score (nSPS) is 12.8. The first-order valence-corrected chi connectivity index (χ1v) is 10.2. The molecule has 29 heavy (non-hydrogen) atoms. The van der Waals surface area contributed by atoms with Gasteiger partial charge < -0.3 is 19.9 Å².